The molecule has 0 aliphatic rings. The van der Waals surface area contributed by atoms with E-state index in [0.717, 1.165) is 27.5 Å². The summed E-state index contributed by atoms with van der Waals surface area (Å²) in [5.41, 5.74) is 3.22. The van der Waals surface area contributed by atoms with E-state index in [1.807, 2.05) is 32.9 Å². The highest BCUT2D eigenvalue weighted by molar-refractivity contribution is 9.10. The lowest BCUT2D eigenvalue weighted by Crippen LogP contribution is -2.08. The Bertz CT molecular complexity index is 563. The molecule has 4 heteroatoms. The number of nitrogens with one attached hydrogen (secondary N) is 1. The predicted molar refractivity (Wildman–Crippen MR) is 76.9 cm³/mol. The van der Waals surface area contributed by atoms with E-state index in [-0.39, 0.29) is 6.04 Å². The minimum Gasteiger partial charge on any atom is -0.466 e. The number of anilines is 1. The van der Waals surface area contributed by atoms with Gasteiger partial charge in [0.2, 0.25) is 0 Å². The highest BCUT2D eigenvalue weighted by Crippen LogP contribution is 2.26. The lowest BCUT2D eigenvalue weighted by atomic mass is 10.1. The Kier molecular flexibility index (Phi) is 3.76. The Morgan fingerprint density at radius 2 is 2.00 bits per heavy atom. The molecule has 0 saturated heterocycles. The zero-order valence-electron chi connectivity index (χ0n) is 11.0. The summed E-state index contributed by atoms with van der Waals surface area (Å²) >= 11 is 3.37. The van der Waals surface area contributed by atoms with Gasteiger partial charge in [0.15, 0.2) is 0 Å². The molecule has 18 heavy (non-hydrogen) atoms. The summed E-state index contributed by atoms with van der Waals surface area (Å²) in [5, 5.41) is 3.46. The summed E-state index contributed by atoms with van der Waals surface area (Å²) in [4.78, 5) is 4.38. The molecule has 0 radical (unpaired) electrons. The van der Waals surface area contributed by atoms with E-state index in [9.17, 15) is 0 Å². The average Bonchev–Trinajstić information content (AvgIpc) is 2.62. The maximum atomic E-state index is 5.56. The SMILES string of the molecule is Cc1cc(C(C)Nc2ccc(Br)nc2C)c(C)o1. The smallest absolute Gasteiger partial charge is 0.106 e. The van der Waals surface area contributed by atoms with Crippen LogP contribution in [-0.4, -0.2) is 4.98 Å². The van der Waals surface area contributed by atoms with Crippen molar-refractivity contribution in [2.75, 3.05) is 5.32 Å². The molecule has 2 rings (SSSR count). The fourth-order valence-corrected chi connectivity index (χ4v) is 2.47. The Balaban J connectivity index is 2.21. The fraction of sp³-hybridized carbons (Fsp3) is 0.357. The topological polar surface area (TPSA) is 38.1 Å². The van der Waals surface area contributed by atoms with E-state index < -0.39 is 0 Å². The van der Waals surface area contributed by atoms with Gasteiger partial charge in [-0.2, -0.15) is 0 Å². The second kappa shape index (κ2) is 5.14. The molecule has 0 aliphatic carbocycles. The Hall–Kier alpha value is -1.29. The third kappa shape index (κ3) is 2.75. The number of aromatic nitrogens is 1. The Morgan fingerprint density at radius 3 is 2.56 bits per heavy atom. The van der Waals surface area contributed by atoms with Crippen LogP contribution in [0.5, 0.6) is 0 Å². The van der Waals surface area contributed by atoms with Gasteiger partial charge < -0.3 is 9.73 Å². The van der Waals surface area contributed by atoms with E-state index in [1.54, 1.807) is 0 Å². The minimum absolute atomic E-state index is 0.198. The molecular weight excluding hydrogens is 292 g/mol. The van der Waals surface area contributed by atoms with Crippen LogP contribution >= 0.6 is 15.9 Å². The normalized spacial score (nSPS) is 12.5. The number of hydrogen-bond acceptors (Lipinski definition) is 3. The number of pyridine rings is 1. The van der Waals surface area contributed by atoms with Crippen molar-refractivity contribution < 1.29 is 4.42 Å². The average molecular weight is 309 g/mol. The molecular formula is C14H17BrN2O. The van der Waals surface area contributed by atoms with Gasteiger partial charge in [0.25, 0.3) is 0 Å². The van der Waals surface area contributed by atoms with Crippen LogP contribution in [0.2, 0.25) is 0 Å². The van der Waals surface area contributed by atoms with E-state index in [4.69, 9.17) is 4.42 Å². The third-order valence-electron chi connectivity index (χ3n) is 2.97. The van der Waals surface area contributed by atoms with Crippen molar-refractivity contribution in [2.24, 2.45) is 0 Å². The molecule has 0 aliphatic heterocycles. The van der Waals surface area contributed by atoms with Crippen LogP contribution in [-0.2, 0) is 0 Å². The Labute approximate surface area is 116 Å². The molecule has 3 nitrogen and oxygen atoms in total. The van der Waals surface area contributed by atoms with Gasteiger partial charge in [-0.05, 0) is 61.8 Å². The second-order valence-corrected chi connectivity index (χ2v) is 5.31. The highest BCUT2D eigenvalue weighted by atomic mass is 79.9. The van der Waals surface area contributed by atoms with Gasteiger partial charge in [0, 0.05) is 5.56 Å². The molecule has 0 saturated carbocycles. The van der Waals surface area contributed by atoms with E-state index in [0.29, 0.717) is 0 Å². The minimum atomic E-state index is 0.198. The monoisotopic (exact) mass is 308 g/mol. The summed E-state index contributed by atoms with van der Waals surface area (Å²) < 4.78 is 6.41. The van der Waals surface area contributed by atoms with E-state index >= 15 is 0 Å². The van der Waals surface area contributed by atoms with Crippen molar-refractivity contribution in [3.05, 3.63) is 45.6 Å². The molecule has 0 amide bonds. The standard InChI is InChI=1S/C14H17BrN2O/c1-8-7-12(11(4)18-8)9(2)16-13-5-6-14(15)17-10(13)3/h5-7,9,16H,1-4H3. The maximum Gasteiger partial charge on any atom is 0.106 e. The lowest BCUT2D eigenvalue weighted by molar-refractivity contribution is 0.500. The van der Waals surface area contributed by atoms with Crippen molar-refractivity contribution >= 4 is 21.6 Å². The molecule has 96 valence electrons. The molecule has 1 atom stereocenters. The summed E-state index contributed by atoms with van der Waals surface area (Å²) in [6, 6.07) is 6.25. The van der Waals surface area contributed by atoms with Gasteiger partial charge >= 0.3 is 0 Å². The van der Waals surface area contributed by atoms with E-state index in [2.05, 4.69) is 39.2 Å². The first kappa shape index (κ1) is 13.1. The number of nitrogens with zero attached hydrogens (tertiary/aromatic N) is 1. The fourth-order valence-electron chi connectivity index (χ4n) is 2.07. The molecule has 1 N–H and O–H groups in total. The van der Waals surface area contributed by atoms with Crippen molar-refractivity contribution in [1.29, 1.82) is 0 Å². The largest absolute Gasteiger partial charge is 0.466 e. The summed E-state index contributed by atoms with van der Waals surface area (Å²) in [6.07, 6.45) is 0. The first-order chi connectivity index (χ1) is 8.47. The zero-order chi connectivity index (χ0) is 13.3. The van der Waals surface area contributed by atoms with Gasteiger partial charge in [-0.25, -0.2) is 4.98 Å². The van der Waals surface area contributed by atoms with Crippen molar-refractivity contribution in [1.82, 2.24) is 4.98 Å². The van der Waals surface area contributed by atoms with E-state index in [1.165, 1.54) is 5.56 Å². The molecule has 2 heterocycles. The quantitative estimate of drug-likeness (QED) is 0.846. The van der Waals surface area contributed by atoms with Gasteiger partial charge in [-0.3, -0.25) is 0 Å². The van der Waals surface area contributed by atoms with Crippen LogP contribution in [0.3, 0.4) is 0 Å². The third-order valence-corrected chi connectivity index (χ3v) is 3.41. The second-order valence-electron chi connectivity index (χ2n) is 4.50. The first-order valence-electron chi connectivity index (χ1n) is 5.94. The van der Waals surface area contributed by atoms with Crippen LogP contribution in [0.4, 0.5) is 5.69 Å². The molecule has 2 aromatic rings. The van der Waals surface area contributed by atoms with Crippen molar-refractivity contribution in [3.63, 3.8) is 0 Å². The number of furan rings is 1. The highest BCUT2D eigenvalue weighted by Gasteiger charge is 2.13. The van der Waals surface area contributed by atoms with Crippen molar-refractivity contribution in [3.8, 4) is 0 Å². The zero-order valence-corrected chi connectivity index (χ0v) is 12.6. The van der Waals surface area contributed by atoms with Crippen LogP contribution in [0.15, 0.2) is 27.2 Å². The van der Waals surface area contributed by atoms with Crippen LogP contribution < -0.4 is 5.32 Å². The van der Waals surface area contributed by atoms with Gasteiger partial charge in [0.05, 0.1) is 17.4 Å². The molecule has 1 unspecified atom stereocenters. The molecule has 0 aromatic carbocycles. The van der Waals surface area contributed by atoms with Crippen molar-refractivity contribution in [2.45, 2.75) is 33.7 Å². The number of rotatable bonds is 3. The molecule has 0 bridgehead atoms. The lowest BCUT2D eigenvalue weighted by Gasteiger charge is -2.16. The molecule has 2 aromatic heterocycles. The van der Waals surface area contributed by atoms with Gasteiger partial charge in [-0.15, -0.1) is 0 Å². The van der Waals surface area contributed by atoms with Crippen LogP contribution in [0.1, 0.15) is 35.7 Å². The number of hydrogen-bond donors (Lipinski definition) is 1. The number of halogens is 1. The first-order valence-corrected chi connectivity index (χ1v) is 6.73. The maximum absolute atomic E-state index is 5.56. The summed E-state index contributed by atoms with van der Waals surface area (Å²) in [7, 11) is 0. The van der Waals surface area contributed by atoms with Gasteiger partial charge in [0.1, 0.15) is 16.1 Å². The predicted octanol–water partition coefficient (Wildman–Crippen LogP) is 4.54. The Morgan fingerprint density at radius 1 is 1.28 bits per heavy atom. The number of aryl methyl sites for hydroxylation is 3. The molecule has 0 fully saturated rings. The van der Waals surface area contributed by atoms with Crippen LogP contribution in [0, 0.1) is 20.8 Å². The van der Waals surface area contributed by atoms with Gasteiger partial charge in [-0.1, -0.05) is 0 Å². The van der Waals surface area contributed by atoms with Crippen LogP contribution in [0.25, 0.3) is 0 Å². The summed E-state index contributed by atoms with van der Waals surface area (Å²) in [6.45, 7) is 8.08. The summed E-state index contributed by atoms with van der Waals surface area (Å²) in [5.74, 6) is 1.91. The molecule has 0 spiro atoms.